The van der Waals surface area contributed by atoms with Gasteiger partial charge >= 0.3 is 0 Å². The van der Waals surface area contributed by atoms with E-state index in [0.717, 1.165) is 34.9 Å². The Bertz CT molecular complexity index is 790. The van der Waals surface area contributed by atoms with E-state index in [2.05, 4.69) is 52.1 Å². The second-order valence-corrected chi connectivity index (χ2v) is 5.95. The zero-order valence-electron chi connectivity index (χ0n) is 11.7. The average molecular weight is 343 g/mol. The van der Waals surface area contributed by atoms with Crippen molar-refractivity contribution in [1.82, 2.24) is 9.38 Å². The second kappa shape index (κ2) is 5.82. The predicted molar refractivity (Wildman–Crippen MR) is 86.9 cm³/mol. The molecule has 0 radical (unpaired) electrons. The molecule has 3 aromatic rings. The number of benzene rings is 1. The topological polar surface area (TPSA) is 34.4 Å². The van der Waals surface area contributed by atoms with Gasteiger partial charge in [-0.05, 0) is 47.0 Å². The van der Waals surface area contributed by atoms with E-state index in [-0.39, 0.29) is 0 Å². The first-order valence-corrected chi connectivity index (χ1v) is 7.64. The molecule has 106 valence electrons. The number of aromatic nitrogens is 2. The SMILES string of the molecule is Cc1ccc(CCc2nc(C=O)c3c(Br)cccn23)cc1. The quantitative estimate of drug-likeness (QED) is 0.671. The summed E-state index contributed by atoms with van der Waals surface area (Å²) < 4.78 is 2.88. The minimum Gasteiger partial charge on any atom is -0.302 e. The molecule has 0 amide bonds. The summed E-state index contributed by atoms with van der Waals surface area (Å²) in [5.74, 6) is 0.911. The van der Waals surface area contributed by atoms with Crippen molar-refractivity contribution in [2.45, 2.75) is 19.8 Å². The first-order valence-electron chi connectivity index (χ1n) is 6.85. The van der Waals surface area contributed by atoms with Crippen molar-refractivity contribution >= 4 is 27.7 Å². The Morgan fingerprint density at radius 2 is 1.95 bits per heavy atom. The van der Waals surface area contributed by atoms with Gasteiger partial charge < -0.3 is 4.40 Å². The molecule has 0 N–H and O–H groups in total. The molecule has 0 unspecified atom stereocenters. The number of hydrogen-bond acceptors (Lipinski definition) is 2. The standard InChI is InChI=1S/C17H15BrN2O/c1-12-4-6-13(7-5-12)8-9-16-19-15(11-21)17-14(18)3-2-10-20(16)17/h2-7,10-11H,8-9H2,1H3. The van der Waals surface area contributed by atoms with Crippen LogP contribution in [0.25, 0.3) is 5.52 Å². The molecule has 0 saturated heterocycles. The Hall–Kier alpha value is -1.94. The smallest absolute Gasteiger partial charge is 0.170 e. The van der Waals surface area contributed by atoms with Crippen LogP contribution in [0.4, 0.5) is 0 Å². The monoisotopic (exact) mass is 342 g/mol. The Morgan fingerprint density at radius 3 is 2.67 bits per heavy atom. The fourth-order valence-corrected chi connectivity index (χ4v) is 3.01. The second-order valence-electron chi connectivity index (χ2n) is 5.09. The molecule has 3 nitrogen and oxygen atoms in total. The summed E-state index contributed by atoms with van der Waals surface area (Å²) >= 11 is 3.49. The zero-order valence-corrected chi connectivity index (χ0v) is 13.3. The number of hydrogen-bond donors (Lipinski definition) is 0. The van der Waals surface area contributed by atoms with E-state index in [9.17, 15) is 4.79 Å². The van der Waals surface area contributed by atoms with Gasteiger partial charge in [-0.2, -0.15) is 0 Å². The lowest BCUT2D eigenvalue weighted by atomic mass is 10.1. The van der Waals surface area contributed by atoms with Crippen molar-refractivity contribution in [1.29, 1.82) is 0 Å². The van der Waals surface area contributed by atoms with E-state index < -0.39 is 0 Å². The molecule has 0 atom stereocenters. The maximum Gasteiger partial charge on any atom is 0.170 e. The number of carbonyl (C=O) groups is 1. The fraction of sp³-hybridized carbons (Fsp3) is 0.176. The lowest BCUT2D eigenvalue weighted by molar-refractivity contribution is 0.112. The highest BCUT2D eigenvalue weighted by Crippen LogP contribution is 2.22. The van der Waals surface area contributed by atoms with Gasteiger partial charge in [0.1, 0.15) is 11.5 Å². The van der Waals surface area contributed by atoms with Crippen LogP contribution in [0.15, 0.2) is 47.1 Å². The van der Waals surface area contributed by atoms with Gasteiger partial charge in [0.05, 0.1) is 5.52 Å². The minimum atomic E-state index is 0.487. The molecule has 21 heavy (non-hydrogen) atoms. The number of nitrogens with zero attached hydrogens (tertiary/aromatic N) is 2. The van der Waals surface area contributed by atoms with Crippen LogP contribution < -0.4 is 0 Å². The number of aryl methyl sites for hydroxylation is 3. The molecule has 0 fully saturated rings. The van der Waals surface area contributed by atoms with Gasteiger partial charge in [0.15, 0.2) is 6.29 Å². The van der Waals surface area contributed by atoms with Crippen LogP contribution in [0.3, 0.4) is 0 Å². The van der Waals surface area contributed by atoms with Crippen molar-refractivity contribution in [3.63, 3.8) is 0 Å². The van der Waals surface area contributed by atoms with E-state index in [0.29, 0.717) is 5.69 Å². The Labute approximate surface area is 131 Å². The number of rotatable bonds is 4. The third-order valence-electron chi connectivity index (χ3n) is 3.58. The first kappa shape index (κ1) is 14.0. The van der Waals surface area contributed by atoms with Gasteiger partial charge in [-0.1, -0.05) is 29.8 Å². The molecule has 1 aromatic carbocycles. The molecular formula is C17H15BrN2O. The lowest BCUT2D eigenvalue weighted by Crippen LogP contribution is -1.98. The summed E-state index contributed by atoms with van der Waals surface area (Å²) in [4.78, 5) is 15.7. The van der Waals surface area contributed by atoms with Gasteiger partial charge in [-0.3, -0.25) is 4.79 Å². The van der Waals surface area contributed by atoms with Crippen molar-refractivity contribution in [2.75, 3.05) is 0 Å². The highest BCUT2D eigenvalue weighted by atomic mass is 79.9. The van der Waals surface area contributed by atoms with E-state index in [1.54, 1.807) is 0 Å². The van der Waals surface area contributed by atoms with Gasteiger partial charge in [0.25, 0.3) is 0 Å². The van der Waals surface area contributed by atoms with Crippen LogP contribution in [0.5, 0.6) is 0 Å². The molecule has 4 heteroatoms. The molecule has 0 aliphatic heterocycles. The molecular weight excluding hydrogens is 328 g/mol. The summed E-state index contributed by atoms with van der Waals surface area (Å²) in [6.45, 7) is 2.08. The molecule has 2 heterocycles. The van der Waals surface area contributed by atoms with E-state index in [1.165, 1.54) is 11.1 Å². The minimum absolute atomic E-state index is 0.487. The molecule has 3 rings (SSSR count). The first-order chi connectivity index (χ1) is 10.2. The maximum atomic E-state index is 11.2. The summed E-state index contributed by atoms with van der Waals surface area (Å²) in [7, 11) is 0. The van der Waals surface area contributed by atoms with Gasteiger partial charge in [-0.15, -0.1) is 0 Å². The van der Waals surface area contributed by atoms with Gasteiger partial charge in [-0.25, -0.2) is 4.98 Å². The average Bonchev–Trinajstić information content (AvgIpc) is 2.86. The number of halogens is 1. The zero-order chi connectivity index (χ0) is 14.8. The fourth-order valence-electron chi connectivity index (χ4n) is 2.46. The van der Waals surface area contributed by atoms with Crippen LogP contribution in [0.2, 0.25) is 0 Å². The molecule has 0 saturated carbocycles. The maximum absolute atomic E-state index is 11.2. The van der Waals surface area contributed by atoms with Crippen LogP contribution in [-0.2, 0) is 12.8 Å². The molecule has 0 aliphatic carbocycles. The van der Waals surface area contributed by atoms with Crippen LogP contribution >= 0.6 is 15.9 Å². The van der Waals surface area contributed by atoms with Crippen LogP contribution in [0, 0.1) is 6.92 Å². The summed E-state index contributed by atoms with van der Waals surface area (Å²) in [6, 6.07) is 12.4. The van der Waals surface area contributed by atoms with E-state index in [4.69, 9.17) is 0 Å². The van der Waals surface area contributed by atoms with Gasteiger partial charge in [0, 0.05) is 17.1 Å². The van der Waals surface area contributed by atoms with Crippen LogP contribution in [-0.4, -0.2) is 15.7 Å². The Balaban J connectivity index is 1.92. The van der Waals surface area contributed by atoms with E-state index >= 15 is 0 Å². The van der Waals surface area contributed by atoms with Crippen molar-refractivity contribution in [2.24, 2.45) is 0 Å². The highest BCUT2D eigenvalue weighted by Gasteiger charge is 2.12. The molecule has 0 bridgehead atoms. The third-order valence-corrected chi connectivity index (χ3v) is 4.22. The van der Waals surface area contributed by atoms with Crippen molar-refractivity contribution in [3.05, 3.63) is 69.7 Å². The summed E-state index contributed by atoms with van der Waals surface area (Å²) in [6.07, 6.45) is 4.47. The third kappa shape index (κ3) is 2.76. The Kier molecular flexibility index (Phi) is 3.88. The Morgan fingerprint density at radius 1 is 1.19 bits per heavy atom. The summed E-state index contributed by atoms with van der Waals surface area (Å²) in [5.41, 5.74) is 3.87. The predicted octanol–water partition coefficient (Wildman–Crippen LogP) is 4.00. The highest BCUT2D eigenvalue weighted by molar-refractivity contribution is 9.10. The number of fused-ring (bicyclic) bond motifs is 1. The van der Waals surface area contributed by atoms with Crippen LogP contribution in [0.1, 0.15) is 27.4 Å². The molecule has 2 aromatic heterocycles. The van der Waals surface area contributed by atoms with E-state index in [1.807, 2.05) is 22.7 Å². The normalized spacial score (nSPS) is 11.0. The molecule has 0 spiro atoms. The number of aldehydes is 1. The van der Waals surface area contributed by atoms with Crippen molar-refractivity contribution in [3.8, 4) is 0 Å². The summed E-state index contributed by atoms with van der Waals surface area (Å²) in [5, 5.41) is 0. The largest absolute Gasteiger partial charge is 0.302 e. The molecule has 0 aliphatic rings. The number of imidazole rings is 1. The van der Waals surface area contributed by atoms with Gasteiger partial charge in [0.2, 0.25) is 0 Å². The lowest BCUT2D eigenvalue weighted by Gasteiger charge is -2.03. The number of pyridine rings is 1. The number of carbonyl (C=O) groups excluding carboxylic acids is 1. The van der Waals surface area contributed by atoms with Crippen molar-refractivity contribution < 1.29 is 4.79 Å².